The number of ether oxygens (including phenoxy) is 1. The summed E-state index contributed by atoms with van der Waals surface area (Å²) in [5.74, 6) is 0.0992. The first kappa shape index (κ1) is 25.3. The van der Waals surface area contributed by atoms with Crippen molar-refractivity contribution in [2.45, 2.75) is 12.8 Å². The molecule has 0 spiro atoms. The van der Waals surface area contributed by atoms with Crippen molar-refractivity contribution in [3.8, 4) is 11.1 Å². The summed E-state index contributed by atoms with van der Waals surface area (Å²) >= 11 is 0. The van der Waals surface area contributed by atoms with Gasteiger partial charge in [0, 0.05) is 36.3 Å². The van der Waals surface area contributed by atoms with E-state index in [4.69, 9.17) is 4.74 Å². The Morgan fingerprint density at radius 3 is 2.61 bits per heavy atom. The number of nitrogens with zero attached hydrogens (tertiary/aromatic N) is 2. The summed E-state index contributed by atoms with van der Waals surface area (Å²) in [7, 11) is 4.03. The number of pyridine rings is 1. The molecule has 2 heterocycles. The number of carbonyl (C=O) groups excluding carboxylic acids is 2. The first-order valence-corrected chi connectivity index (χ1v) is 12.2. The molecular formula is C28H33N5O3. The minimum absolute atomic E-state index is 0.0885. The van der Waals surface area contributed by atoms with Crippen molar-refractivity contribution in [1.29, 1.82) is 0 Å². The zero-order valence-electron chi connectivity index (χ0n) is 20.8. The van der Waals surface area contributed by atoms with Crippen LogP contribution >= 0.6 is 0 Å². The predicted molar refractivity (Wildman–Crippen MR) is 142 cm³/mol. The minimum Gasteiger partial charge on any atom is -0.381 e. The van der Waals surface area contributed by atoms with E-state index in [1.807, 2.05) is 74.8 Å². The van der Waals surface area contributed by atoms with E-state index in [1.165, 1.54) is 0 Å². The summed E-state index contributed by atoms with van der Waals surface area (Å²) in [6.07, 6.45) is 3.24. The Morgan fingerprint density at radius 1 is 1.03 bits per heavy atom. The van der Waals surface area contributed by atoms with E-state index in [0.717, 1.165) is 35.5 Å². The third kappa shape index (κ3) is 7.13. The van der Waals surface area contributed by atoms with E-state index < -0.39 is 0 Å². The van der Waals surface area contributed by atoms with E-state index in [0.29, 0.717) is 37.6 Å². The maximum Gasteiger partial charge on any atom is 0.251 e. The van der Waals surface area contributed by atoms with Gasteiger partial charge in [-0.2, -0.15) is 0 Å². The molecule has 1 aliphatic rings. The molecule has 3 aromatic rings. The Kier molecular flexibility index (Phi) is 8.65. The molecule has 188 valence electrons. The summed E-state index contributed by atoms with van der Waals surface area (Å²) in [6.45, 7) is 2.54. The molecule has 8 nitrogen and oxygen atoms in total. The Labute approximate surface area is 212 Å². The van der Waals surface area contributed by atoms with Gasteiger partial charge in [-0.05, 0) is 87.1 Å². The number of nitrogens with one attached hydrogen (secondary N) is 3. The van der Waals surface area contributed by atoms with Gasteiger partial charge >= 0.3 is 0 Å². The van der Waals surface area contributed by atoms with Crippen LogP contribution in [-0.2, 0) is 9.53 Å². The van der Waals surface area contributed by atoms with E-state index in [2.05, 4.69) is 25.8 Å². The number of aromatic nitrogens is 1. The Bertz CT molecular complexity index is 1180. The molecule has 1 saturated heterocycles. The largest absolute Gasteiger partial charge is 0.381 e. The van der Waals surface area contributed by atoms with Crippen molar-refractivity contribution in [1.82, 2.24) is 15.2 Å². The van der Waals surface area contributed by atoms with Crippen molar-refractivity contribution in [3.05, 3.63) is 72.4 Å². The van der Waals surface area contributed by atoms with E-state index in [-0.39, 0.29) is 17.7 Å². The maximum atomic E-state index is 13.0. The van der Waals surface area contributed by atoms with Gasteiger partial charge in [-0.1, -0.05) is 18.2 Å². The van der Waals surface area contributed by atoms with Crippen molar-refractivity contribution in [2.75, 3.05) is 51.0 Å². The molecule has 3 N–H and O–H groups in total. The molecule has 1 fully saturated rings. The van der Waals surface area contributed by atoms with Crippen molar-refractivity contribution in [2.24, 2.45) is 5.92 Å². The Balaban J connectivity index is 1.57. The normalized spacial score (nSPS) is 15.0. The zero-order chi connectivity index (χ0) is 25.3. The smallest absolute Gasteiger partial charge is 0.251 e. The molecule has 4 rings (SSSR count). The quantitative estimate of drug-likeness (QED) is 0.372. The van der Waals surface area contributed by atoms with Gasteiger partial charge in [0.1, 0.15) is 5.82 Å². The number of carbonyl (C=O) groups is 2. The Hall–Kier alpha value is -3.75. The average molecular weight is 488 g/mol. The van der Waals surface area contributed by atoms with Crippen LogP contribution in [0.2, 0.25) is 0 Å². The highest BCUT2D eigenvalue weighted by Crippen LogP contribution is 2.28. The monoisotopic (exact) mass is 487 g/mol. The standard InChI is InChI=1S/C28H33N5O3/c1-33(2)13-6-11-30-27(34)23-15-22(16-25(17-23)31-24-7-4-3-5-8-24)20-9-12-29-26(18-20)32-28(35)21-10-14-36-19-21/h3-5,7-9,12,15-18,21,31H,6,10-11,13-14,19H2,1-2H3,(H,30,34)(H,29,32,35). The molecule has 1 aromatic heterocycles. The number of para-hydroxylation sites is 1. The average Bonchev–Trinajstić information content (AvgIpc) is 3.42. The van der Waals surface area contributed by atoms with Gasteiger partial charge in [0.2, 0.25) is 5.91 Å². The SMILES string of the molecule is CN(C)CCCNC(=O)c1cc(Nc2ccccc2)cc(-c2ccnc(NC(=O)C3CCOC3)c2)c1. The third-order valence-electron chi connectivity index (χ3n) is 5.97. The summed E-state index contributed by atoms with van der Waals surface area (Å²) in [5, 5.41) is 9.31. The Morgan fingerprint density at radius 2 is 1.86 bits per heavy atom. The van der Waals surface area contributed by atoms with Gasteiger partial charge in [0.15, 0.2) is 0 Å². The second-order valence-electron chi connectivity index (χ2n) is 9.18. The number of amides is 2. The van der Waals surface area contributed by atoms with Crippen LogP contribution in [0.25, 0.3) is 11.1 Å². The van der Waals surface area contributed by atoms with E-state index in [1.54, 1.807) is 6.20 Å². The fourth-order valence-electron chi connectivity index (χ4n) is 4.03. The molecule has 0 radical (unpaired) electrons. The van der Waals surface area contributed by atoms with Gasteiger partial charge in [-0.3, -0.25) is 9.59 Å². The first-order chi connectivity index (χ1) is 17.5. The summed E-state index contributed by atoms with van der Waals surface area (Å²) in [4.78, 5) is 31.9. The van der Waals surface area contributed by atoms with Gasteiger partial charge < -0.3 is 25.6 Å². The van der Waals surface area contributed by atoms with Crippen LogP contribution in [0.15, 0.2) is 66.9 Å². The minimum atomic E-state index is -0.156. The van der Waals surface area contributed by atoms with Crippen LogP contribution in [0.3, 0.4) is 0 Å². The van der Waals surface area contributed by atoms with Crippen molar-refractivity contribution in [3.63, 3.8) is 0 Å². The molecule has 0 aliphatic carbocycles. The van der Waals surface area contributed by atoms with Crippen LogP contribution in [0.1, 0.15) is 23.2 Å². The van der Waals surface area contributed by atoms with Crippen LogP contribution in [0.4, 0.5) is 17.2 Å². The van der Waals surface area contributed by atoms with Crippen LogP contribution in [-0.4, -0.2) is 62.1 Å². The van der Waals surface area contributed by atoms with Crippen molar-refractivity contribution < 1.29 is 14.3 Å². The van der Waals surface area contributed by atoms with Crippen LogP contribution in [0.5, 0.6) is 0 Å². The van der Waals surface area contributed by atoms with E-state index >= 15 is 0 Å². The fourth-order valence-corrected chi connectivity index (χ4v) is 4.03. The predicted octanol–water partition coefficient (Wildman–Crippen LogP) is 4.15. The number of anilines is 3. The topological polar surface area (TPSA) is 95.6 Å². The lowest BCUT2D eigenvalue weighted by molar-refractivity contribution is -0.119. The third-order valence-corrected chi connectivity index (χ3v) is 5.97. The summed E-state index contributed by atoms with van der Waals surface area (Å²) in [5.41, 5.74) is 3.97. The van der Waals surface area contributed by atoms with Crippen LogP contribution in [0, 0.1) is 5.92 Å². The molecule has 0 saturated carbocycles. The summed E-state index contributed by atoms with van der Waals surface area (Å²) in [6, 6.07) is 19.2. The highest BCUT2D eigenvalue weighted by atomic mass is 16.5. The van der Waals surface area contributed by atoms with E-state index in [9.17, 15) is 9.59 Å². The molecule has 36 heavy (non-hydrogen) atoms. The number of hydrogen-bond donors (Lipinski definition) is 3. The molecule has 2 amide bonds. The first-order valence-electron chi connectivity index (χ1n) is 12.2. The zero-order valence-corrected chi connectivity index (χ0v) is 20.8. The van der Waals surface area contributed by atoms with Gasteiger partial charge in [-0.25, -0.2) is 4.98 Å². The molecule has 1 unspecified atom stereocenters. The molecule has 1 aliphatic heterocycles. The second-order valence-corrected chi connectivity index (χ2v) is 9.18. The molecular weight excluding hydrogens is 454 g/mol. The van der Waals surface area contributed by atoms with Crippen molar-refractivity contribution >= 4 is 29.0 Å². The number of benzene rings is 2. The summed E-state index contributed by atoms with van der Waals surface area (Å²) < 4.78 is 5.32. The lowest BCUT2D eigenvalue weighted by Gasteiger charge is -2.14. The lowest BCUT2D eigenvalue weighted by Crippen LogP contribution is -2.27. The van der Waals surface area contributed by atoms with Gasteiger partial charge in [0.25, 0.3) is 5.91 Å². The molecule has 2 aromatic carbocycles. The molecule has 8 heteroatoms. The fraction of sp³-hybridized carbons (Fsp3) is 0.321. The van der Waals surface area contributed by atoms with Gasteiger partial charge in [-0.15, -0.1) is 0 Å². The highest BCUT2D eigenvalue weighted by molar-refractivity contribution is 5.97. The second kappa shape index (κ2) is 12.3. The van der Waals surface area contributed by atoms with Crippen LogP contribution < -0.4 is 16.0 Å². The molecule has 0 bridgehead atoms. The maximum absolute atomic E-state index is 13.0. The number of hydrogen-bond acceptors (Lipinski definition) is 6. The number of rotatable bonds is 10. The van der Waals surface area contributed by atoms with Gasteiger partial charge in [0.05, 0.1) is 12.5 Å². The molecule has 1 atom stereocenters. The lowest BCUT2D eigenvalue weighted by atomic mass is 10.0. The highest BCUT2D eigenvalue weighted by Gasteiger charge is 2.23.